The molecular formula is C24H24FN3O. The van der Waals surface area contributed by atoms with Crippen molar-refractivity contribution in [1.29, 1.82) is 0 Å². The van der Waals surface area contributed by atoms with Crippen molar-refractivity contribution in [2.24, 2.45) is 0 Å². The highest BCUT2D eigenvalue weighted by molar-refractivity contribution is 6.06. The first kappa shape index (κ1) is 18.1. The molecule has 4 nitrogen and oxygen atoms in total. The molecule has 0 radical (unpaired) electrons. The Bertz CT molecular complexity index is 1100. The number of hydrogen-bond donors (Lipinski definition) is 1. The average Bonchev–Trinajstić information content (AvgIpc) is 3.28. The number of benzene rings is 2. The van der Waals surface area contributed by atoms with E-state index in [2.05, 4.69) is 41.1 Å². The highest BCUT2D eigenvalue weighted by Crippen LogP contribution is 2.40. The van der Waals surface area contributed by atoms with Crippen LogP contribution in [-0.2, 0) is 11.3 Å². The lowest BCUT2D eigenvalue weighted by molar-refractivity contribution is -0.114. The van der Waals surface area contributed by atoms with Crippen LogP contribution in [0.3, 0.4) is 0 Å². The van der Waals surface area contributed by atoms with Crippen molar-refractivity contribution in [3.63, 3.8) is 0 Å². The third-order valence-corrected chi connectivity index (χ3v) is 6.38. The van der Waals surface area contributed by atoms with Gasteiger partial charge in [-0.25, -0.2) is 4.39 Å². The molecule has 2 atom stereocenters. The van der Waals surface area contributed by atoms with E-state index in [9.17, 15) is 9.18 Å². The largest absolute Gasteiger partial charge is 0.361 e. The van der Waals surface area contributed by atoms with Gasteiger partial charge in [0, 0.05) is 42.6 Å². The van der Waals surface area contributed by atoms with E-state index in [-0.39, 0.29) is 17.3 Å². The maximum absolute atomic E-state index is 13.8. The van der Waals surface area contributed by atoms with Crippen LogP contribution in [0, 0.1) is 5.82 Å². The van der Waals surface area contributed by atoms with Gasteiger partial charge in [0.15, 0.2) is 0 Å². The highest BCUT2D eigenvalue weighted by atomic mass is 19.1. The lowest BCUT2D eigenvalue weighted by Gasteiger charge is -2.47. The van der Waals surface area contributed by atoms with Crippen LogP contribution in [0.4, 0.5) is 10.1 Å². The van der Waals surface area contributed by atoms with Gasteiger partial charge in [-0.3, -0.25) is 14.6 Å². The molecule has 5 heteroatoms. The third kappa shape index (κ3) is 3.15. The number of likely N-dealkylation sites (tertiary alicyclic amines) is 1. The Labute approximate surface area is 169 Å². The van der Waals surface area contributed by atoms with E-state index < -0.39 is 0 Å². The normalized spacial score (nSPS) is 24.8. The molecular weight excluding hydrogens is 365 g/mol. The van der Waals surface area contributed by atoms with E-state index in [0.717, 1.165) is 31.4 Å². The molecule has 2 aliphatic rings. The molecule has 3 aromatic rings. The van der Waals surface area contributed by atoms with Crippen LogP contribution in [0.5, 0.6) is 0 Å². The second-order valence-electron chi connectivity index (χ2n) is 8.26. The fraction of sp³-hybridized carbons (Fsp3) is 0.292. The molecule has 1 fully saturated rings. The van der Waals surface area contributed by atoms with Crippen LogP contribution in [0.25, 0.3) is 10.9 Å². The number of amides is 1. The number of fused-ring (bicyclic) bond motifs is 1. The lowest BCUT2D eigenvalue weighted by atomic mass is 9.82. The van der Waals surface area contributed by atoms with E-state index in [0.29, 0.717) is 11.7 Å². The minimum absolute atomic E-state index is 0.0610. The number of aromatic amines is 1. The van der Waals surface area contributed by atoms with Crippen molar-refractivity contribution in [2.45, 2.75) is 37.9 Å². The molecule has 0 bridgehead atoms. The average molecular weight is 389 g/mol. The number of H-pyrrole nitrogens is 1. The first-order valence-electron chi connectivity index (χ1n) is 10.1. The van der Waals surface area contributed by atoms with E-state index in [1.807, 2.05) is 18.3 Å². The van der Waals surface area contributed by atoms with Crippen LogP contribution in [-0.4, -0.2) is 33.9 Å². The Morgan fingerprint density at radius 2 is 2.10 bits per heavy atom. The molecule has 29 heavy (non-hydrogen) atoms. The summed E-state index contributed by atoms with van der Waals surface area (Å²) >= 11 is 0. The zero-order valence-electron chi connectivity index (χ0n) is 16.4. The predicted octanol–water partition coefficient (Wildman–Crippen LogP) is 4.63. The van der Waals surface area contributed by atoms with Gasteiger partial charge in [0.25, 0.3) is 5.91 Å². The fourth-order valence-electron chi connectivity index (χ4n) is 4.92. The molecule has 1 spiro atoms. The molecule has 1 aromatic heterocycles. The Morgan fingerprint density at radius 3 is 2.93 bits per heavy atom. The molecule has 1 saturated heterocycles. The van der Waals surface area contributed by atoms with Crippen LogP contribution in [0.2, 0.25) is 0 Å². The van der Waals surface area contributed by atoms with E-state index in [4.69, 9.17) is 0 Å². The van der Waals surface area contributed by atoms with Gasteiger partial charge >= 0.3 is 0 Å². The van der Waals surface area contributed by atoms with Crippen molar-refractivity contribution in [2.75, 3.05) is 11.4 Å². The monoisotopic (exact) mass is 389 g/mol. The molecule has 2 aromatic carbocycles. The quantitative estimate of drug-likeness (QED) is 0.709. The molecule has 1 amide bonds. The zero-order valence-corrected chi connectivity index (χ0v) is 16.4. The molecule has 2 aliphatic heterocycles. The molecule has 0 aliphatic carbocycles. The molecule has 5 rings (SSSR count). The smallest absolute Gasteiger partial charge is 0.251 e. The van der Waals surface area contributed by atoms with Gasteiger partial charge in [-0.2, -0.15) is 0 Å². The first-order valence-corrected chi connectivity index (χ1v) is 10.1. The fourth-order valence-corrected chi connectivity index (χ4v) is 4.92. The topological polar surface area (TPSA) is 39.3 Å². The second kappa shape index (κ2) is 6.85. The predicted molar refractivity (Wildman–Crippen MR) is 113 cm³/mol. The van der Waals surface area contributed by atoms with Gasteiger partial charge < -0.3 is 4.98 Å². The lowest BCUT2D eigenvalue weighted by Crippen LogP contribution is -2.56. The highest BCUT2D eigenvalue weighted by Gasteiger charge is 2.46. The van der Waals surface area contributed by atoms with Crippen molar-refractivity contribution >= 4 is 22.5 Å². The van der Waals surface area contributed by atoms with Gasteiger partial charge in [-0.1, -0.05) is 18.2 Å². The summed E-state index contributed by atoms with van der Waals surface area (Å²) in [5.74, 6) is -0.378. The van der Waals surface area contributed by atoms with Gasteiger partial charge in [0.1, 0.15) is 5.82 Å². The Hall–Kier alpha value is -2.92. The van der Waals surface area contributed by atoms with Crippen LogP contribution < -0.4 is 4.90 Å². The molecule has 3 heterocycles. The van der Waals surface area contributed by atoms with Gasteiger partial charge in [0.05, 0.1) is 5.54 Å². The standard InChI is InChI=1S/C24H24FN3O/c1-17-15-24(9-7-23(29)28(24)21-4-2-3-20(25)14-21)10-12-27(17)16-18-5-6-22-19(13-18)8-11-26-22/h2-9,11,13-14,17,26H,10,12,15-16H2,1H3/t17-,24+/m1/s1. The number of halogens is 1. The maximum Gasteiger partial charge on any atom is 0.251 e. The van der Waals surface area contributed by atoms with E-state index in [1.165, 1.54) is 23.1 Å². The summed E-state index contributed by atoms with van der Waals surface area (Å²) < 4.78 is 13.8. The molecule has 1 N–H and O–H groups in total. The number of hydrogen-bond acceptors (Lipinski definition) is 2. The maximum atomic E-state index is 13.8. The Morgan fingerprint density at radius 1 is 1.21 bits per heavy atom. The van der Waals surface area contributed by atoms with E-state index in [1.54, 1.807) is 17.0 Å². The Kier molecular flexibility index (Phi) is 4.28. The summed E-state index contributed by atoms with van der Waals surface area (Å²) in [5.41, 5.74) is 2.71. The van der Waals surface area contributed by atoms with Crippen molar-refractivity contribution in [3.05, 3.63) is 78.3 Å². The van der Waals surface area contributed by atoms with Crippen molar-refractivity contribution in [1.82, 2.24) is 9.88 Å². The molecule has 0 saturated carbocycles. The van der Waals surface area contributed by atoms with Crippen LogP contribution in [0.1, 0.15) is 25.3 Å². The minimum atomic E-state index is -0.370. The van der Waals surface area contributed by atoms with Crippen molar-refractivity contribution in [3.8, 4) is 0 Å². The summed E-state index contributed by atoms with van der Waals surface area (Å²) in [6, 6.07) is 15.3. The summed E-state index contributed by atoms with van der Waals surface area (Å²) in [6.07, 6.45) is 7.31. The number of aromatic nitrogens is 1. The molecule has 148 valence electrons. The van der Waals surface area contributed by atoms with Crippen molar-refractivity contribution < 1.29 is 9.18 Å². The van der Waals surface area contributed by atoms with Gasteiger partial charge in [0.2, 0.25) is 0 Å². The van der Waals surface area contributed by atoms with E-state index >= 15 is 0 Å². The Balaban J connectivity index is 1.36. The number of rotatable bonds is 3. The summed E-state index contributed by atoms with van der Waals surface area (Å²) in [7, 11) is 0. The summed E-state index contributed by atoms with van der Waals surface area (Å²) in [5, 5.41) is 1.23. The first-order chi connectivity index (χ1) is 14.0. The second-order valence-corrected chi connectivity index (χ2v) is 8.26. The zero-order chi connectivity index (χ0) is 20.0. The van der Waals surface area contributed by atoms with Crippen LogP contribution in [0.15, 0.2) is 66.9 Å². The van der Waals surface area contributed by atoms with Gasteiger partial charge in [-0.15, -0.1) is 0 Å². The minimum Gasteiger partial charge on any atom is -0.361 e. The number of carbonyl (C=O) groups is 1. The number of nitrogens with zero attached hydrogens (tertiary/aromatic N) is 2. The molecule has 0 unspecified atom stereocenters. The number of carbonyl (C=O) groups excluding carboxylic acids is 1. The number of anilines is 1. The number of piperidine rings is 1. The SMILES string of the molecule is C[C@@H]1C[C@]2(C=CC(=O)N2c2cccc(F)c2)CCN1Cc1ccc2[nH]ccc2c1. The summed E-state index contributed by atoms with van der Waals surface area (Å²) in [4.78, 5) is 20.1. The summed E-state index contributed by atoms with van der Waals surface area (Å²) in [6.45, 7) is 3.99. The number of nitrogens with one attached hydrogen (secondary N) is 1. The van der Waals surface area contributed by atoms with Crippen LogP contribution >= 0.6 is 0 Å². The third-order valence-electron chi connectivity index (χ3n) is 6.38. The van der Waals surface area contributed by atoms with Gasteiger partial charge in [-0.05, 0) is 67.1 Å².